The fourth-order valence-corrected chi connectivity index (χ4v) is 6.54. The van der Waals surface area contributed by atoms with Gasteiger partial charge in [0.15, 0.2) is 0 Å². The van der Waals surface area contributed by atoms with Crippen LogP contribution in [-0.2, 0) is 0 Å². The van der Waals surface area contributed by atoms with Gasteiger partial charge in [-0.1, -0.05) is 54.4 Å². The summed E-state index contributed by atoms with van der Waals surface area (Å²) in [5, 5.41) is 7.45. The van der Waals surface area contributed by atoms with Gasteiger partial charge < -0.3 is 25.3 Å². The van der Waals surface area contributed by atoms with Crippen LogP contribution in [0.15, 0.2) is 0 Å². The molecule has 8 heteroatoms. The van der Waals surface area contributed by atoms with Gasteiger partial charge in [0.1, 0.15) is 0 Å². The molecule has 1 aromatic rings. The minimum Gasteiger partial charge on any atom is -0.341 e. The quantitative estimate of drug-likeness (QED) is 0.255. The van der Waals surface area contributed by atoms with E-state index in [0.29, 0.717) is 23.9 Å². The molecule has 41 heavy (non-hydrogen) atoms. The van der Waals surface area contributed by atoms with E-state index in [0.717, 1.165) is 95.6 Å². The average Bonchev–Trinajstić information content (AvgIpc) is 2.89. The molecule has 0 saturated carbocycles. The number of hydrogen-bond donors (Lipinski definition) is 2. The van der Waals surface area contributed by atoms with Gasteiger partial charge in [-0.25, -0.2) is 0 Å². The van der Waals surface area contributed by atoms with Crippen molar-refractivity contribution < 1.29 is 0 Å². The summed E-state index contributed by atoms with van der Waals surface area (Å²) in [7, 11) is 0. The summed E-state index contributed by atoms with van der Waals surface area (Å²) in [5.41, 5.74) is 0.213. The van der Waals surface area contributed by atoms with Crippen LogP contribution in [-0.4, -0.2) is 77.4 Å². The highest BCUT2D eigenvalue weighted by molar-refractivity contribution is 5.48. The van der Waals surface area contributed by atoms with Gasteiger partial charge in [-0.05, 0) is 91.1 Å². The van der Waals surface area contributed by atoms with Gasteiger partial charge in [0, 0.05) is 49.3 Å². The van der Waals surface area contributed by atoms with E-state index >= 15 is 0 Å². The maximum Gasteiger partial charge on any atom is 0.232 e. The van der Waals surface area contributed by atoms with Crippen LogP contribution < -0.4 is 25.3 Å². The van der Waals surface area contributed by atoms with Gasteiger partial charge in [-0.15, -0.1) is 0 Å². The third-order valence-corrected chi connectivity index (χ3v) is 8.62. The van der Waals surface area contributed by atoms with Crippen LogP contribution in [0.25, 0.3) is 0 Å². The van der Waals surface area contributed by atoms with E-state index in [2.05, 4.69) is 94.6 Å². The molecule has 2 unspecified atom stereocenters. The fraction of sp³-hybridized carbons (Fsp3) is 0.909. The standard InChI is InChI=1S/C33H64N8/c1-11-13-19-39(20-14-12-2)29-36-30(40(23-25(3)4)27-15-17-34-32(7,8)21-27)38-31(37-29)41(24-26(5)6)28-16-18-35-33(9,10)22-28/h25-28,34-35H,11-24H2,1-10H3. The first-order valence-electron chi connectivity index (χ1n) is 16.9. The van der Waals surface area contributed by atoms with Gasteiger partial charge in [0.25, 0.3) is 0 Å². The van der Waals surface area contributed by atoms with Gasteiger partial charge >= 0.3 is 0 Å². The Morgan fingerprint density at radius 3 is 1.41 bits per heavy atom. The Hall–Kier alpha value is -1.67. The number of hydrogen-bond acceptors (Lipinski definition) is 8. The largest absolute Gasteiger partial charge is 0.341 e. The topological polar surface area (TPSA) is 72.5 Å². The van der Waals surface area contributed by atoms with E-state index < -0.39 is 0 Å². The molecule has 2 atom stereocenters. The maximum atomic E-state index is 5.39. The zero-order valence-electron chi connectivity index (χ0n) is 28.4. The van der Waals surface area contributed by atoms with E-state index in [1.165, 1.54) is 12.8 Å². The lowest BCUT2D eigenvalue weighted by Gasteiger charge is -2.44. The Bertz CT molecular complexity index is 846. The summed E-state index contributed by atoms with van der Waals surface area (Å²) in [6.07, 6.45) is 9.03. The monoisotopic (exact) mass is 573 g/mol. The van der Waals surface area contributed by atoms with Crippen molar-refractivity contribution in [2.75, 3.05) is 54.0 Å². The molecule has 3 rings (SSSR count). The molecule has 0 spiro atoms. The van der Waals surface area contributed by atoms with Gasteiger partial charge in [0.05, 0.1) is 0 Å². The molecule has 0 bridgehead atoms. The molecule has 2 fully saturated rings. The van der Waals surface area contributed by atoms with Crippen LogP contribution >= 0.6 is 0 Å². The average molecular weight is 573 g/mol. The van der Waals surface area contributed by atoms with Crippen molar-refractivity contribution in [3.63, 3.8) is 0 Å². The molecule has 236 valence electrons. The Balaban J connectivity index is 2.15. The third kappa shape index (κ3) is 10.2. The molecule has 1 aromatic heterocycles. The summed E-state index contributed by atoms with van der Waals surface area (Å²) < 4.78 is 0. The first-order chi connectivity index (χ1) is 19.3. The van der Waals surface area contributed by atoms with E-state index in [4.69, 9.17) is 15.0 Å². The predicted molar refractivity (Wildman–Crippen MR) is 176 cm³/mol. The first kappa shape index (κ1) is 33.8. The summed E-state index contributed by atoms with van der Waals surface area (Å²) in [5.74, 6) is 3.66. The molecule has 0 amide bonds. The van der Waals surface area contributed by atoms with Crippen molar-refractivity contribution in [1.82, 2.24) is 25.6 Å². The van der Waals surface area contributed by atoms with Crippen molar-refractivity contribution >= 4 is 17.8 Å². The van der Waals surface area contributed by atoms with Crippen molar-refractivity contribution in [2.24, 2.45) is 11.8 Å². The lowest BCUT2D eigenvalue weighted by atomic mass is 9.88. The second-order valence-corrected chi connectivity index (χ2v) is 14.9. The number of piperidine rings is 2. The summed E-state index contributed by atoms with van der Waals surface area (Å²) >= 11 is 0. The van der Waals surface area contributed by atoms with Crippen molar-refractivity contribution in [3.8, 4) is 0 Å². The SMILES string of the molecule is CCCCN(CCCC)c1nc(N(CC(C)C)C2CCNC(C)(C)C2)nc(N(CC(C)C)C2CCNC(C)(C)C2)n1. The van der Waals surface area contributed by atoms with Gasteiger partial charge in [0.2, 0.25) is 17.8 Å². The summed E-state index contributed by atoms with van der Waals surface area (Å²) in [4.78, 5) is 23.6. The molecule has 0 aromatic carbocycles. The summed E-state index contributed by atoms with van der Waals surface area (Å²) in [6.45, 7) is 29.1. The molecule has 2 N–H and O–H groups in total. The van der Waals surface area contributed by atoms with Crippen molar-refractivity contribution in [1.29, 1.82) is 0 Å². The van der Waals surface area contributed by atoms with E-state index in [-0.39, 0.29) is 11.1 Å². The Morgan fingerprint density at radius 2 is 1.07 bits per heavy atom. The molecule has 8 nitrogen and oxygen atoms in total. The molecule has 0 aliphatic carbocycles. The van der Waals surface area contributed by atoms with Crippen LogP contribution in [0, 0.1) is 11.8 Å². The molecular weight excluding hydrogens is 508 g/mol. The maximum absolute atomic E-state index is 5.39. The van der Waals surface area contributed by atoms with Crippen molar-refractivity contribution in [2.45, 2.75) is 144 Å². The van der Waals surface area contributed by atoms with E-state index in [9.17, 15) is 0 Å². The van der Waals surface area contributed by atoms with Crippen LogP contribution in [0.4, 0.5) is 17.8 Å². The second-order valence-electron chi connectivity index (χ2n) is 14.9. The Kier molecular flexibility index (Phi) is 12.5. The highest BCUT2D eigenvalue weighted by Gasteiger charge is 2.36. The molecular formula is C33H64N8. The molecule has 2 aliphatic heterocycles. The van der Waals surface area contributed by atoms with Crippen LogP contribution in [0.3, 0.4) is 0 Å². The molecule has 2 saturated heterocycles. The number of aromatic nitrogens is 3. The van der Waals surface area contributed by atoms with E-state index in [1.807, 2.05) is 0 Å². The van der Waals surface area contributed by atoms with E-state index in [1.54, 1.807) is 0 Å². The fourth-order valence-electron chi connectivity index (χ4n) is 6.54. The highest BCUT2D eigenvalue weighted by Crippen LogP contribution is 2.31. The zero-order chi connectivity index (χ0) is 30.2. The minimum absolute atomic E-state index is 0.107. The van der Waals surface area contributed by atoms with Crippen LogP contribution in [0.2, 0.25) is 0 Å². The highest BCUT2D eigenvalue weighted by atomic mass is 15.4. The number of rotatable bonds is 15. The zero-order valence-corrected chi connectivity index (χ0v) is 28.4. The molecule has 0 radical (unpaired) electrons. The molecule has 3 heterocycles. The predicted octanol–water partition coefficient (Wildman–Crippen LogP) is 6.26. The van der Waals surface area contributed by atoms with Crippen LogP contribution in [0.5, 0.6) is 0 Å². The normalized spacial score (nSPS) is 22.2. The molecule has 2 aliphatic rings. The number of anilines is 3. The number of unbranched alkanes of at least 4 members (excludes halogenated alkanes) is 2. The third-order valence-electron chi connectivity index (χ3n) is 8.62. The number of nitrogens with zero attached hydrogens (tertiary/aromatic N) is 6. The first-order valence-corrected chi connectivity index (χ1v) is 16.9. The van der Waals surface area contributed by atoms with Crippen LogP contribution in [0.1, 0.15) is 121 Å². The second kappa shape index (κ2) is 15.2. The Morgan fingerprint density at radius 1 is 0.683 bits per heavy atom. The Labute approximate surface area is 252 Å². The van der Waals surface area contributed by atoms with Gasteiger partial charge in [-0.3, -0.25) is 0 Å². The lowest BCUT2D eigenvalue weighted by molar-refractivity contribution is 0.261. The van der Waals surface area contributed by atoms with Crippen molar-refractivity contribution in [3.05, 3.63) is 0 Å². The van der Waals surface area contributed by atoms with Gasteiger partial charge in [-0.2, -0.15) is 15.0 Å². The minimum atomic E-state index is 0.107. The lowest BCUT2D eigenvalue weighted by Crippen LogP contribution is -2.55. The summed E-state index contributed by atoms with van der Waals surface area (Å²) in [6, 6.07) is 0.820. The number of nitrogens with one attached hydrogen (secondary N) is 2. The smallest absolute Gasteiger partial charge is 0.232 e.